The van der Waals surface area contributed by atoms with Gasteiger partial charge in [0.25, 0.3) is 0 Å². The topological polar surface area (TPSA) is 53.6 Å². The van der Waals surface area contributed by atoms with Crippen LogP contribution in [0.4, 0.5) is 0 Å². The number of nitrogens with zero attached hydrogens (tertiary/aromatic N) is 2. The molecule has 0 aliphatic carbocycles. The Hall–Kier alpha value is -0.770. The Morgan fingerprint density at radius 2 is 2.31 bits per heavy atom. The van der Waals surface area contributed by atoms with Crippen molar-refractivity contribution in [2.45, 2.75) is 32.4 Å². The van der Waals surface area contributed by atoms with Crippen LogP contribution in [0.3, 0.4) is 0 Å². The van der Waals surface area contributed by atoms with E-state index in [1.807, 2.05) is 0 Å². The fraction of sp³-hybridized carbons (Fsp3) is 0.889. The van der Waals surface area contributed by atoms with Gasteiger partial charge in [0.05, 0.1) is 6.04 Å². The number of aliphatic imine (C=N–C) groups is 1. The highest BCUT2D eigenvalue weighted by atomic mass is 15.2. The van der Waals surface area contributed by atoms with Crippen molar-refractivity contribution in [1.29, 1.82) is 0 Å². The molecule has 4 nitrogen and oxygen atoms in total. The SMILES string of the molecule is CC(C)NC(N)=NC1CCN(C)C1. The smallest absolute Gasteiger partial charge is 0.189 e. The summed E-state index contributed by atoms with van der Waals surface area (Å²) in [5, 5.41) is 3.09. The molecule has 1 atom stereocenters. The van der Waals surface area contributed by atoms with Crippen molar-refractivity contribution in [2.75, 3.05) is 20.1 Å². The molecule has 0 amide bonds. The van der Waals surface area contributed by atoms with Crippen LogP contribution in [-0.4, -0.2) is 43.1 Å². The third kappa shape index (κ3) is 3.63. The molecular weight excluding hydrogens is 164 g/mol. The zero-order valence-corrected chi connectivity index (χ0v) is 8.75. The van der Waals surface area contributed by atoms with E-state index >= 15 is 0 Å². The highest BCUT2D eigenvalue weighted by molar-refractivity contribution is 5.78. The molecule has 1 saturated heterocycles. The minimum atomic E-state index is 0.364. The molecule has 1 unspecified atom stereocenters. The van der Waals surface area contributed by atoms with Gasteiger partial charge in [0.1, 0.15) is 0 Å². The summed E-state index contributed by atoms with van der Waals surface area (Å²) in [5.74, 6) is 0.579. The van der Waals surface area contributed by atoms with Crippen LogP contribution in [0, 0.1) is 0 Å². The Bertz CT molecular complexity index is 188. The first kappa shape index (κ1) is 10.3. The summed E-state index contributed by atoms with van der Waals surface area (Å²) in [5.41, 5.74) is 5.72. The number of guanidine groups is 1. The summed E-state index contributed by atoms with van der Waals surface area (Å²) in [4.78, 5) is 6.68. The molecule has 1 fully saturated rings. The number of hydrogen-bond acceptors (Lipinski definition) is 2. The van der Waals surface area contributed by atoms with E-state index in [0.29, 0.717) is 18.0 Å². The van der Waals surface area contributed by atoms with Crippen molar-refractivity contribution in [2.24, 2.45) is 10.7 Å². The average Bonchev–Trinajstić information content (AvgIpc) is 2.33. The summed E-state index contributed by atoms with van der Waals surface area (Å²) in [6.45, 7) is 6.27. The van der Waals surface area contributed by atoms with Gasteiger partial charge in [0.2, 0.25) is 0 Å². The van der Waals surface area contributed by atoms with Gasteiger partial charge in [-0.25, -0.2) is 4.99 Å². The quantitative estimate of drug-likeness (QED) is 0.469. The molecule has 4 heteroatoms. The largest absolute Gasteiger partial charge is 0.370 e. The van der Waals surface area contributed by atoms with E-state index in [9.17, 15) is 0 Å². The van der Waals surface area contributed by atoms with E-state index in [2.05, 4.69) is 36.1 Å². The lowest BCUT2D eigenvalue weighted by atomic mass is 10.3. The zero-order chi connectivity index (χ0) is 9.84. The van der Waals surface area contributed by atoms with Gasteiger partial charge in [-0.2, -0.15) is 0 Å². The first-order valence-electron chi connectivity index (χ1n) is 4.86. The molecule has 0 spiro atoms. The van der Waals surface area contributed by atoms with Crippen LogP contribution in [0.25, 0.3) is 0 Å². The van der Waals surface area contributed by atoms with E-state index in [-0.39, 0.29) is 0 Å². The van der Waals surface area contributed by atoms with Crippen LogP contribution in [0.15, 0.2) is 4.99 Å². The fourth-order valence-electron chi connectivity index (χ4n) is 1.55. The zero-order valence-electron chi connectivity index (χ0n) is 8.75. The predicted molar refractivity (Wildman–Crippen MR) is 55.8 cm³/mol. The summed E-state index contributed by atoms with van der Waals surface area (Å²) in [6.07, 6.45) is 1.12. The molecular formula is C9H20N4. The van der Waals surface area contributed by atoms with Crippen LogP contribution in [-0.2, 0) is 0 Å². The van der Waals surface area contributed by atoms with Crippen molar-refractivity contribution in [3.63, 3.8) is 0 Å². The second kappa shape index (κ2) is 4.46. The van der Waals surface area contributed by atoms with Crippen LogP contribution >= 0.6 is 0 Å². The monoisotopic (exact) mass is 184 g/mol. The summed E-state index contributed by atoms with van der Waals surface area (Å²) in [7, 11) is 2.11. The third-order valence-corrected chi connectivity index (χ3v) is 2.12. The number of nitrogens with two attached hydrogens (primary N) is 1. The van der Waals surface area contributed by atoms with Crippen LogP contribution < -0.4 is 11.1 Å². The van der Waals surface area contributed by atoms with Crippen LogP contribution in [0.1, 0.15) is 20.3 Å². The standard InChI is InChI=1S/C9H20N4/c1-7(2)11-9(10)12-8-4-5-13(3)6-8/h7-8H,4-6H2,1-3H3,(H3,10,11,12). The Morgan fingerprint density at radius 1 is 1.62 bits per heavy atom. The van der Waals surface area contributed by atoms with E-state index in [1.165, 1.54) is 0 Å². The van der Waals surface area contributed by atoms with Gasteiger partial charge in [-0.15, -0.1) is 0 Å². The summed E-state index contributed by atoms with van der Waals surface area (Å²) in [6, 6.07) is 0.749. The molecule has 13 heavy (non-hydrogen) atoms. The Morgan fingerprint density at radius 3 is 2.77 bits per heavy atom. The Kier molecular flexibility index (Phi) is 3.54. The predicted octanol–water partition coefficient (Wildman–Crippen LogP) is 0.00320. The van der Waals surface area contributed by atoms with Gasteiger partial charge in [-0.3, -0.25) is 0 Å². The highest BCUT2D eigenvalue weighted by Gasteiger charge is 2.18. The minimum absolute atomic E-state index is 0.364. The van der Waals surface area contributed by atoms with Crippen LogP contribution in [0.2, 0.25) is 0 Å². The molecule has 0 saturated carbocycles. The van der Waals surface area contributed by atoms with Crippen molar-refractivity contribution >= 4 is 5.96 Å². The molecule has 3 N–H and O–H groups in total. The van der Waals surface area contributed by atoms with Crippen LogP contribution in [0.5, 0.6) is 0 Å². The van der Waals surface area contributed by atoms with E-state index in [1.54, 1.807) is 0 Å². The number of rotatable bonds is 2. The van der Waals surface area contributed by atoms with Crippen molar-refractivity contribution in [1.82, 2.24) is 10.2 Å². The Labute approximate surface area is 80.2 Å². The van der Waals surface area contributed by atoms with Gasteiger partial charge in [0, 0.05) is 12.6 Å². The molecule has 76 valence electrons. The van der Waals surface area contributed by atoms with Gasteiger partial charge >= 0.3 is 0 Å². The van der Waals surface area contributed by atoms with E-state index < -0.39 is 0 Å². The van der Waals surface area contributed by atoms with E-state index in [4.69, 9.17) is 5.73 Å². The Balaban J connectivity index is 2.36. The second-order valence-corrected chi connectivity index (χ2v) is 4.02. The minimum Gasteiger partial charge on any atom is -0.370 e. The second-order valence-electron chi connectivity index (χ2n) is 4.02. The molecule has 1 rings (SSSR count). The highest BCUT2D eigenvalue weighted by Crippen LogP contribution is 2.09. The maximum atomic E-state index is 5.72. The van der Waals surface area contributed by atoms with Gasteiger partial charge in [-0.1, -0.05) is 0 Å². The molecule has 0 radical (unpaired) electrons. The lowest BCUT2D eigenvalue weighted by Crippen LogP contribution is -2.38. The first-order chi connectivity index (χ1) is 6.08. The lowest BCUT2D eigenvalue weighted by Gasteiger charge is -2.11. The molecule has 0 aromatic carbocycles. The third-order valence-electron chi connectivity index (χ3n) is 2.12. The summed E-state index contributed by atoms with van der Waals surface area (Å²) >= 11 is 0. The number of hydrogen-bond donors (Lipinski definition) is 2. The number of likely N-dealkylation sites (tertiary alicyclic amines) is 1. The van der Waals surface area contributed by atoms with Gasteiger partial charge in [0.15, 0.2) is 5.96 Å². The first-order valence-corrected chi connectivity index (χ1v) is 4.86. The van der Waals surface area contributed by atoms with Gasteiger partial charge in [-0.05, 0) is 33.9 Å². The maximum absolute atomic E-state index is 5.72. The van der Waals surface area contributed by atoms with Gasteiger partial charge < -0.3 is 16.0 Å². The lowest BCUT2D eigenvalue weighted by molar-refractivity contribution is 0.411. The number of likely N-dealkylation sites (N-methyl/N-ethyl adjacent to an activating group) is 1. The van der Waals surface area contributed by atoms with E-state index in [0.717, 1.165) is 19.5 Å². The molecule has 1 aliphatic rings. The summed E-state index contributed by atoms with van der Waals surface area (Å²) < 4.78 is 0. The van der Waals surface area contributed by atoms with Crippen molar-refractivity contribution < 1.29 is 0 Å². The molecule has 0 aromatic heterocycles. The molecule has 0 bridgehead atoms. The van der Waals surface area contributed by atoms with Crippen molar-refractivity contribution in [3.8, 4) is 0 Å². The van der Waals surface area contributed by atoms with Crippen molar-refractivity contribution in [3.05, 3.63) is 0 Å². The molecule has 0 aromatic rings. The number of nitrogens with one attached hydrogen (secondary N) is 1. The maximum Gasteiger partial charge on any atom is 0.189 e. The fourth-order valence-corrected chi connectivity index (χ4v) is 1.55. The molecule has 1 aliphatic heterocycles. The molecule has 1 heterocycles. The average molecular weight is 184 g/mol. The normalized spacial score (nSPS) is 25.5.